The van der Waals surface area contributed by atoms with Crippen LogP contribution in [0.25, 0.3) is 0 Å². The second-order valence-electron chi connectivity index (χ2n) is 5.23. The molecule has 0 unspecified atom stereocenters. The van der Waals surface area contributed by atoms with Crippen LogP contribution in [-0.4, -0.2) is 47.0 Å². The van der Waals surface area contributed by atoms with Crippen LogP contribution in [0.3, 0.4) is 0 Å². The van der Waals surface area contributed by atoms with Gasteiger partial charge in [0, 0.05) is 45.0 Å². The molecule has 3 nitrogen and oxygen atoms in total. The third-order valence-electron chi connectivity index (χ3n) is 3.50. The molecular weight excluding hydrogens is 234 g/mol. The monoisotopic (exact) mass is 263 g/mol. The van der Waals surface area contributed by atoms with E-state index in [9.17, 15) is 0 Å². The highest BCUT2D eigenvalue weighted by Crippen LogP contribution is 2.09. The molecule has 0 saturated carbocycles. The van der Waals surface area contributed by atoms with E-state index in [1.54, 1.807) is 0 Å². The van der Waals surface area contributed by atoms with Crippen molar-refractivity contribution in [1.82, 2.24) is 14.8 Å². The molecule has 1 fully saturated rings. The first-order valence-corrected chi connectivity index (χ1v) is 7.53. The van der Waals surface area contributed by atoms with Crippen molar-refractivity contribution in [3.05, 3.63) is 29.6 Å². The Balaban J connectivity index is 0.000000861. The first-order valence-electron chi connectivity index (χ1n) is 7.53. The van der Waals surface area contributed by atoms with Crippen molar-refractivity contribution in [3.63, 3.8) is 0 Å². The lowest BCUT2D eigenvalue weighted by Crippen LogP contribution is -2.48. The van der Waals surface area contributed by atoms with Gasteiger partial charge in [-0.05, 0) is 32.4 Å². The van der Waals surface area contributed by atoms with E-state index in [1.807, 2.05) is 20.0 Å². The predicted octanol–water partition coefficient (Wildman–Crippen LogP) is 2.94. The molecule has 19 heavy (non-hydrogen) atoms. The minimum absolute atomic E-state index is 0.676. The number of rotatable bonds is 3. The summed E-state index contributed by atoms with van der Waals surface area (Å²) in [4.78, 5) is 9.51. The first-order chi connectivity index (χ1) is 9.15. The minimum Gasteiger partial charge on any atom is -0.298 e. The molecule has 0 amide bonds. The molecule has 1 aromatic heterocycles. The molecule has 2 rings (SSSR count). The molecule has 0 spiro atoms. The van der Waals surface area contributed by atoms with Crippen molar-refractivity contribution in [2.24, 2.45) is 0 Å². The number of hydrogen-bond donors (Lipinski definition) is 0. The van der Waals surface area contributed by atoms with Gasteiger partial charge >= 0.3 is 0 Å². The number of hydrogen-bond acceptors (Lipinski definition) is 3. The highest BCUT2D eigenvalue weighted by Gasteiger charge is 2.18. The number of pyridine rings is 1. The average Bonchev–Trinajstić information content (AvgIpc) is 2.44. The van der Waals surface area contributed by atoms with Crippen LogP contribution in [0, 0.1) is 6.92 Å². The van der Waals surface area contributed by atoms with Gasteiger partial charge in [-0.2, -0.15) is 0 Å². The maximum atomic E-state index is 4.47. The molecule has 0 atom stereocenters. The Morgan fingerprint density at radius 3 is 2.21 bits per heavy atom. The normalized spacial score (nSPS) is 17.2. The van der Waals surface area contributed by atoms with E-state index in [1.165, 1.54) is 24.3 Å². The lowest BCUT2D eigenvalue weighted by atomic mass is 10.2. The van der Waals surface area contributed by atoms with Gasteiger partial charge in [-0.15, -0.1) is 0 Å². The van der Waals surface area contributed by atoms with Gasteiger partial charge in [-0.3, -0.25) is 14.8 Å². The number of aromatic nitrogens is 1. The van der Waals surface area contributed by atoms with E-state index in [-0.39, 0.29) is 0 Å². The van der Waals surface area contributed by atoms with Gasteiger partial charge in [0.25, 0.3) is 0 Å². The van der Waals surface area contributed by atoms with Crippen LogP contribution in [0.5, 0.6) is 0 Å². The Bertz CT molecular complexity index is 338. The zero-order valence-corrected chi connectivity index (χ0v) is 13.2. The zero-order valence-electron chi connectivity index (χ0n) is 13.2. The summed E-state index contributed by atoms with van der Waals surface area (Å²) in [7, 11) is 0. The van der Waals surface area contributed by atoms with Crippen molar-refractivity contribution in [2.45, 2.75) is 47.2 Å². The van der Waals surface area contributed by atoms with Crippen molar-refractivity contribution >= 4 is 0 Å². The summed E-state index contributed by atoms with van der Waals surface area (Å²) in [6.45, 7) is 16.3. The second-order valence-corrected chi connectivity index (χ2v) is 5.23. The summed E-state index contributed by atoms with van der Waals surface area (Å²) in [5.41, 5.74) is 2.42. The van der Waals surface area contributed by atoms with Crippen LogP contribution in [0.2, 0.25) is 0 Å². The molecule has 0 bridgehead atoms. The summed E-state index contributed by atoms with van der Waals surface area (Å²) >= 11 is 0. The summed E-state index contributed by atoms with van der Waals surface area (Å²) < 4.78 is 0. The molecule has 0 aliphatic carbocycles. The van der Waals surface area contributed by atoms with Crippen LogP contribution in [0.1, 0.15) is 39.0 Å². The van der Waals surface area contributed by atoms with Crippen molar-refractivity contribution in [1.29, 1.82) is 0 Å². The van der Waals surface area contributed by atoms with Crippen molar-refractivity contribution in [2.75, 3.05) is 26.2 Å². The molecule has 1 aliphatic rings. The maximum absolute atomic E-state index is 4.47. The largest absolute Gasteiger partial charge is 0.298 e. The molecule has 0 radical (unpaired) electrons. The highest BCUT2D eigenvalue weighted by molar-refractivity contribution is 5.12. The lowest BCUT2D eigenvalue weighted by molar-refractivity contribution is 0.103. The van der Waals surface area contributed by atoms with Gasteiger partial charge in [-0.1, -0.05) is 19.9 Å². The van der Waals surface area contributed by atoms with E-state index in [2.05, 4.69) is 47.7 Å². The second kappa shape index (κ2) is 8.28. The molecular formula is C16H29N3. The molecule has 1 aromatic rings. The van der Waals surface area contributed by atoms with Gasteiger partial charge in [0.05, 0.1) is 5.69 Å². The number of piperazine rings is 1. The molecule has 0 aromatic carbocycles. The fourth-order valence-electron chi connectivity index (χ4n) is 2.26. The molecule has 3 heteroatoms. The third kappa shape index (κ3) is 5.29. The van der Waals surface area contributed by atoms with Crippen molar-refractivity contribution in [3.8, 4) is 0 Å². The third-order valence-corrected chi connectivity index (χ3v) is 3.50. The quantitative estimate of drug-likeness (QED) is 0.836. The van der Waals surface area contributed by atoms with E-state index in [0.717, 1.165) is 19.6 Å². The smallest absolute Gasteiger partial charge is 0.0544 e. The number of nitrogens with zero attached hydrogens (tertiary/aromatic N) is 3. The Morgan fingerprint density at radius 2 is 1.74 bits per heavy atom. The summed E-state index contributed by atoms with van der Waals surface area (Å²) in [6.07, 6.45) is 1.96. The van der Waals surface area contributed by atoms with Crippen LogP contribution >= 0.6 is 0 Å². The Labute approximate surface area is 118 Å². The van der Waals surface area contributed by atoms with E-state index < -0.39 is 0 Å². The number of aryl methyl sites for hydroxylation is 1. The molecule has 1 saturated heterocycles. The van der Waals surface area contributed by atoms with E-state index in [4.69, 9.17) is 0 Å². The van der Waals surface area contributed by atoms with Crippen LogP contribution in [0.15, 0.2) is 18.3 Å². The summed E-state index contributed by atoms with van der Waals surface area (Å²) in [5.74, 6) is 0. The van der Waals surface area contributed by atoms with Crippen molar-refractivity contribution < 1.29 is 0 Å². The van der Waals surface area contributed by atoms with Gasteiger partial charge in [0.15, 0.2) is 0 Å². The SMILES string of the molecule is CC.Cc1ccc(CN2CCN(C(C)C)CC2)nc1. The Hall–Kier alpha value is -0.930. The standard InChI is InChI=1S/C14H23N3.C2H6/c1-12(2)17-8-6-16(7-9-17)11-14-5-4-13(3)10-15-14;1-2/h4-5,10,12H,6-9,11H2,1-3H3;1-2H3. The topological polar surface area (TPSA) is 19.4 Å². The summed E-state index contributed by atoms with van der Waals surface area (Å²) in [6, 6.07) is 4.96. The van der Waals surface area contributed by atoms with E-state index in [0.29, 0.717) is 6.04 Å². The first kappa shape index (κ1) is 16.1. The highest BCUT2D eigenvalue weighted by atomic mass is 15.3. The van der Waals surface area contributed by atoms with Crippen LogP contribution in [-0.2, 0) is 6.54 Å². The Kier molecular flexibility index (Phi) is 7.03. The lowest BCUT2D eigenvalue weighted by Gasteiger charge is -2.36. The molecule has 1 aliphatic heterocycles. The Morgan fingerprint density at radius 1 is 1.11 bits per heavy atom. The van der Waals surface area contributed by atoms with Gasteiger partial charge in [-0.25, -0.2) is 0 Å². The van der Waals surface area contributed by atoms with Crippen LogP contribution in [0.4, 0.5) is 0 Å². The van der Waals surface area contributed by atoms with Gasteiger partial charge in [0.2, 0.25) is 0 Å². The molecule has 2 heterocycles. The minimum atomic E-state index is 0.676. The predicted molar refractivity (Wildman–Crippen MR) is 82.3 cm³/mol. The maximum Gasteiger partial charge on any atom is 0.0544 e. The molecule has 0 N–H and O–H groups in total. The van der Waals surface area contributed by atoms with E-state index >= 15 is 0 Å². The fraction of sp³-hybridized carbons (Fsp3) is 0.688. The van der Waals surface area contributed by atoms with Crippen LogP contribution < -0.4 is 0 Å². The average molecular weight is 263 g/mol. The molecule has 108 valence electrons. The van der Waals surface area contributed by atoms with Gasteiger partial charge in [0.1, 0.15) is 0 Å². The summed E-state index contributed by atoms with van der Waals surface area (Å²) in [5, 5.41) is 0. The fourth-order valence-corrected chi connectivity index (χ4v) is 2.26. The van der Waals surface area contributed by atoms with Gasteiger partial charge < -0.3 is 0 Å². The zero-order chi connectivity index (χ0) is 14.3.